The number of rotatable bonds is 8. The third-order valence-corrected chi connectivity index (χ3v) is 6.37. The molecule has 1 heterocycles. The Hall–Kier alpha value is -3.04. The van der Waals surface area contributed by atoms with E-state index in [4.69, 9.17) is 14.2 Å². The van der Waals surface area contributed by atoms with Crippen LogP contribution in [0.5, 0.6) is 0 Å². The number of aliphatic hydroxyl groups is 2. The lowest BCUT2D eigenvalue weighted by atomic mass is 9.91. The molecule has 4 rings (SSSR count). The van der Waals surface area contributed by atoms with Crippen molar-refractivity contribution in [2.24, 2.45) is 0 Å². The van der Waals surface area contributed by atoms with Crippen LogP contribution >= 0.6 is 0 Å². The number of benzene rings is 2. The minimum absolute atomic E-state index is 0.0583. The predicted octanol–water partition coefficient (Wildman–Crippen LogP) is 2.96. The zero-order chi connectivity index (χ0) is 26.6. The van der Waals surface area contributed by atoms with Crippen LogP contribution in [0.4, 0.5) is 0 Å². The van der Waals surface area contributed by atoms with Crippen molar-refractivity contribution < 1.29 is 34.0 Å². The first-order valence-corrected chi connectivity index (χ1v) is 12.6. The molecule has 8 nitrogen and oxygen atoms in total. The highest BCUT2D eigenvalue weighted by molar-refractivity contribution is 5.94. The number of esters is 1. The summed E-state index contributed by atoms with van der Waals surface area (Å²) in [6.07, 6.45) is -0.272. The summed E-state index contributed by atoms with van der Waals surface area (Å²) in [5, 5.41) is 23.5. The van der Waals surface area contributed by atoms with Gasteiger partial charge in [-0.2, -0.15) is 0 Å². The maximum atomic E-state index is 13.1. The molecule has 2 aliphatic rings. The molecule has 1 aliphatic heterocycles. The Labute approximate surface area is 217 Å². The second-order valence-electron chi connectivity index (χ2n) is 10.5. The monoisotopic (exact) mass is 509 g/mol. The van der Waals surface area contributed by atoms with Crippen molar-refractivity contribution in [2.45, 2.75) is 75.8 Å². The lowest BCUT2D eigenvalue weighted by Crippen LogP contribution is -2.44. The van der Waals surface area contributed by atoms with Gasteiger partial charge in [0.2, 0.25) is 11.7 Å². The summed E-state index contributed by atoms with van der Waals surface area (Å²) in [5.41, 5.74) is 1.30. The van der Waals surface area contributed by atoms with Gasteiger partial charge in [-0.3, -0.25) is 9.59 Å². The van der Waals surface area contributed by atoms with E-state index in [2.05, 4.69) is 5.32 Å². The van der Waals surface area contributed by atoms with E-state index in [0.717, 1.165) is 11.1 Å². The smallest absolute Gasteiger partial charge is 0.306 e. The summed E-state index contributed by atoms with van der Waals surface area (Å²) in [4.78, 5) is 25.1. The highest BCUT2D eigenvalue weighted by Crippen LogP contribution is 2.46. The number of carbonyl (C=O) groups excluding carboxylic acids is 2. The molecule has 0 bridgehead atoms. The normalized spacial score (nSPS) is 23.5. The number of amides is 1. The molecule has 0 radical (unpaired) electrons. The van der Waals surface area contributed by atoms with Gasteiger partial charge in [-0.1, -0.05) is 60.7 Å². The van der Waals surface area contributed by atoms with Gasteiger partial charge in [-0.05, 0) is 33.3 Å². The number of hydrogen-bond acceptors (Lipinski definition) is 7. The number of aliphatic hydroxyl groups excluding tert-OH is 2. The lowest BCUT2D eigenvalue weighted by molar-refractivity contribution is -0.156. The molecule has 2 aromatic rings. The van der Waals surface area contributed by atoms with Gasteiger partial charge in [0.1, 0.15) is 17.8 Å². The zero-order valence-electron chi connectivity index (χ0n) is 21.4. The molecule has 4 atom stereocenters. The first-order valence-electron chi connectivity index (χ1n) is 12.6. The van der Waals surface area contributed by atoms with Gasteiger partial charge in [0, 0.05) is 29.5 Å². The van der Waals surface area contributed by atoms with E-state index in [-0.39, 0.29) is 25.9 Å². The minimum atomic E-state index is -1.23. The molecule has 0 aromatic heterocycles. The topological polar surface area (TPSA) is 114 Å². The Balaban J connectivity index is 1.50. The van der Waals surface area contributed by atoms with E-state index in [1.807, 2.05) is 60.7 Å². The number of carbonyl (C=O) groups is 2. The lowest BCUT2D eigenvalue weighted by Gasteiger charge is -2.29. The molecule has 1 amide bonds. The van der Waals surface area contributed by atoms with Gasteiger partial charge >= 0.3 is 5.97 Å². The molecule has 0 unspecified atom stereocenters. The van der Waals surface area contributed by atoms with E-state index in [1.165, 1.54) is 0 Å². The molecule has 1 saturated heterocycles. The van der Waals surface area contributed by atoms with E-state index in [0.29, 0.717) is 5.57 Å². The van der Waals surface area contributed by atoms with Crippen molar-refractivity contribution in [1.29, 1.82) is 0 Å². The van der Waals surface area contributed by atoms with E-state index in [9.17, 15) is 19.8 Å². The Morgan fingerprint density at radius 1 is 1.05 bits per heavy atom. The maximum Gasteiger partial charge on any atom is 0.306 e. The van der Waals surface area contributed by atoms with Crippen molar-refractivity contribution in [3.63, 3.8) is 0 Å². The first-order chi connectivity index (χ1) is 17.6. The van der Waals surface area contributed by atoms with Crippen LogP contribution < -0.4 is 5.32 Å². The van der Waals surface area contributed by atoms with Crippen LogP contribution in [-0.2, 0) is 29.6 Å². The van der Waals surface area contributed by atoms with Gasteiger partial charge in [0.25, 0.3) is 0 Å². The van der Waals surface area contributed by atoms with Crippen LogP contribution in [0.3, 0.4) is 0 Å². The maximum absolute atomic E-state index is 13.1. The minimum Gasteiger partial charge on any atom is -0.460 e. The second kappa shape index (κ2) is 11.1. The number of hydrogen-bond donors (Lipinski definition) is 3. The van der Waals surface area contributed by atoms with Crippen molar-refractivity contribution in [3.05, 3.63) is 83.4 Å². The molecule has 1 aliphatic carbocycles. The molecule has 3 N–H and O–H groups in total. The molecule has 37 heavy (non-hydrogen) atoms. The molecule has 8 heteroatoms. The van der Waals surface area contributed by atoms with Gasteiger partial charge in [-0.25, -0.2) is 0 Å². The van der Waals surface area contributed by atoms with Crippen LogP contribution in [0, 0.1) is 0 Å². The zero-order valence-corrected chi connectivity index (χ0v) is 21.4. The van der Waals surface area contributed by atoms with Gasteiger partial charge in [-0.15, -0.1) is 0 Å². The van der Waals surface area contributed by atoms with Crippen LogP contribution in [0.25, 0.3) is 0 Å². The summed E-state index contributed by atoms with van der Waals surface area (Å²) in [7, 11) is 0. The van der Waals surface area contributed by atoms with Gasteiger partial charge < -0.3 is 29.7 Å². The van der Waals surface area contributed by atoms with Crippen molar-refractivity contribution in [3.8, 4) is 0 Å². The summed E-state index contributed by atoms with van der Waals surface area (Å²) < 4.78 is 18.2. The van der Waals surface area contributed by atoms with E-state index < -0.39 is 47.6 Å². The highest BCUT2D eigenvalue weighted by Gasteiger charge is 2.53. The number of fused-ring (bicyclic) bond motifs is 1. The summed E-state index contributed by atoms with van der Waals surface area (Å²) in [6.45, 7) is 5.01. The van der Waals surface area contributed by atoms with Crippen LogP contribution in [-0.4, -0.2) is 58.7 Å². The third-order valence-electron chi connectivity index (χ3n) is 6.37. The average Bonchev–Trinajstić information content (AvgIpc) is 3.28. The second-order valence-corrected chi connectivity index (χ2v) is 10.5. The number of ether oxygens (including phenoxy) is 3. The predicted molar refractivity (Wildman–Crippen MR) is 136 cm³/mol. The Morgan fingerprint density at radius 2 is 1.65 bits per heavy atom. The Bertz CT molecular complexity index is 1070. The molecule has 2 aromatic carbocycles. The van der Waals surface area contributed by atoms with E-state index >= 15 is 0 Å². The molecule has 0 saturated carbocycles. The van der Waals surface area contributed by atoms with Gasteiger partial charge in [0.05, 0.1) is 18.8 Å². The third kappa shape index (κ3) is 6.27. The van der Waals surface area contributed by atoms with Crippen molar-refractivity contribution >= 4 is 11.9 Å². The van der Waals surface area contributed by atoms with E-state index in [1.54, 1.807) is 26.8 Å². The molecule has 198 valence electrons. The fourth-order valence-corrected chi connectivity index (χ4v) is 4.67. The van der Waals surface area contributed by atoms with Crippen LogP contribution in [0.15, 0.2) is 72.3 Å². The average molecular weight is 510 g/mol. The fraction of sp³-hybridized carbons (Fsp3) is 0.448. The summed E-state index contributed by atoms with van der Waals surface area (Å²) in [6, 6.07) is 18.4. The summed E-state index contributed by atoms with van der Waals surface area (Å²) in [5.74, 6) is -2.06. The Kier molecular flexibility index (Phi) is 8.14. The van der Waals surface area contributed by atoms with Crippen LogP contribution in [0.1, 0.15) is 51.2 Å². The highest BCUT2D eigenvalue weighted by atomic mass is 16.8. The Morgan fingerprint density at radius 3 is 2.19 bits per heavy atom. The van der Waals surface area contributed by atoms with Gasteiger partial charge in [0.15, 0.2) is 0 Å². The fourth-order valence-electron chi connectivity index (χ4n) is 4.67. The quantitative estimate of drug-likeness (QED) is 0.469. The van der Waals surface area contributed by atoms with Crippen molar-refractivity contribution in [2.75, 3.05) is 6.61 Å². The molecular formula is C29H35NO7. The van der Waals surface area contributed by atoms with Crippen molar-refractivity contribution in [1.82, 2.24) is 5.32 Å². The van der Waals surface area contributed by atoms with Crippen LogP contribution in [0.2, 0.25) is 0 Å². The molecule has 0 spiro atoms. The SMILES string of the molecule is CC(C)(C)OC(=O)CC[C@@H](CO)NC(=O)C1=C[C@H]2OC(c3ccccc3)(c3ccccc3)O[C@H]2[C@H](O)C1. The largest absolute Gasteiger partial charge is 0.460 e. The number of nitrogens with one attached hydrogen (secondary N) is 1. The molecular weight excluding hydrogens is 474 g/mol. The molecule has 1 fully saturated rings. The first kappa shape index (κ1) is 27.0. The standard InChI is InChI=1S/C29H35NO7/c1-28(2,3)36-25(33)15-14-22(18-31)30-27(34)19-16-23(32)26-24(17-19)35-29(37-26,20-10-6-4-7-11-20)21-12-8-5-9-13-21/h4-13,17,22-24,26,31-32H,14-16,18H2,1-3H3,(H,30,34)/t22-,23+,24+,26-/m0/s1. The summed E-state index contributed by atoms with van der Waals surface area (Å²) >= 11 is 0.